The summed E-state index contributed by atoms with van der Waals surface area (Å²) >= 11 is 0. The van der Waals surface area contributed by atoms with E-state index in [1.54, 1.807) is 6.07 Å². The van der Waals surface area contributed by atoms with E-state index in [0.717, 1.165) is 0 Å². The molecule has 0 fully saturated rings. The van der Waals surface area contributed by atoms with Gasteiger partial charge >= 0.3 is 12.2 Å². The number of nitrogens with zero attached hydrogens (tertiary/aromatic N) is 3. The number of pyridine rings is 1. The summed E-state index contributed by atoms with van der Waals surface area (Å²) in [6.45, 7) is 0. The van der Waals surface area contributed by atoms with Gasteiger partial charge in [0.1, 0.15) is 6.42 Å². The van der Waals surface area contributed by atoms with E-state index in [9.17, 15) is 28.4 Å². The molecular formula is C8H4F3N3O4. The first-order chi connectivity index (χ1) is 8.24. The Balaban J connectivity index is 3.30. The number of rotatable bonds is 3. The molecule has 0 aliphatic heterocycles. The van der Waals surface area contributed by atoms with Gasteiger partial charge in [0, 0.05) is 6.07 Å². The van der Waals surface area contributed by atoms with E-state index in [1.165, 1.54) is 0 Å². The normalized spacial score (nSPS) is 10.8. The number of aromatic nitrogens is 1. The number of alkyl halides is 3. The van der Waals surface area contributed by atoms with Gasteiger partial charge in [0.15, 0.2) is 5.75 Å². The highest BCUT2D eigenvalue weighted by molar-refractivity contribution is 5.47. The summed E-state index contributed by atoms with van der Waals surface area (Å²) in [5.41, 5.74) is -0.404. The molecule has 0 unspecified atom stereocenters. The summed E-state index contributed by atoms with van der Waals surface area (Å²) in [5, 5.41) is 28.1. The molecular weight excluding hydrogens is 259 g/mol. The third-order valence-electron chi connectivity index (χ3n) is 1.67. The van der Waals surface area contributed by atoms with Gasteiger partial charge in [-0.1, -0.05) is 0 Å². The first-order valence-electron chi connectivity index (χ1n) is 4.24. The van der Waals surface area contributed by atoms with E-state index in [4.69, 9.17) is 5.26 Å². The van der Waals surface area contributed by atoms with E-state index in [2.05, 4.69) is 9.72 Å². The van der Waals surface area contributed by atoms with Crippen molar-refractivity contribution in [3.63, 3.8) is 0 Å². The van der Waals surface area contributed by atoms with Crippen LogP contribution in [-0.4, -0.2) is 21.4 Å². The average Bonchev–Trinajstić information content (AvgIpc) is 2.19. The summed E-state index contributed by atoms with van der Waals surface area (Å²) in [6.07, 6.45) is -5.64. The van der Waals surface area contributed by atoms with E-state index in [-0.39, 0.29) is 0 Å². The van der Waals surface area contributed by atoms with E-state index >= 15 is 0 Å². The van der Waals surface area contributed by atoms with Crippen molar-refractivity contribution in [2.45, 2.75) is 12.8 Å². The van der Waals surface area contributed by atoms with Crippen LogP contribution in [0.5, 0.6) is 11.5 Å². The summed E-state index contributed by atoms with van der Waals surface area (Å²) < 4.78 is 39.2. The Morgan fingerprint density at radius 1 is 1.61 bits per heavy atom. The maximum atomic E-state index is 12.0. The number of nitro groups is 1. The summed E-state index contributed by atoms with van der Waals surface area (Å²) in [7, 11) is 0. The summed E-state index contributed by atoms with van der Waals surface area (Å²) in [6, 6.07) is 1.94. The molecule has 0 aromatic carbocycles. The standard InChI is InChI=1S/C8H4F3N3O4/c9-8(10,11)18-6-3-5(15)4(1-2-12)13-7(6)14(16)17/h3,15H,1H2. The molecule has 0 aliphatic carbocycles. The van der Waals surface area contributed by atoms with Crippen molar-refractivity contribution in [3.8, 4) is 17.6 Å². The number of halogens is 3. The molecule has 0 amide bonds. The highest BCUT2D eigenvalue weighted by Gasteiger charge is 2.36. The summed E-state index contributed by atoms with van der Waals surface area (Å²) in [5.74, 6) is -3.26. The van der Waals surface area contributed by atoms with Gasteiger partial charge in [0.05, 0.1) is 6.07 Å². The molecule has 96 valence electrons. The third kappa shape index (κ3) is 3.21. The molecule has 0 radical (unpaired) electrons. The van der Waals surface area contributed by atoms with Gasteiger partial charge in [-0.25, -0.2) is 0 Å². The predicted octanol–water partition coefficient (Wildman–Crippen LogP) is 1.66. The lowest BCUT2D eigenvalue weighted by atomic mass is 10.2. The topological polar surface area (TPSA) is 109 Å². The lowest BCUT2D eigenvalue weighted by Crippen LogP contribution is -2.18. The fourth-order valence-electron chi connectivity index (χ4n) is 1.05. The smallest absolute Gasteiger partial charge is 0.504 e. The highest BCUT2D eigenvalue weighted by atomic mass is 19.4. The molecule has 18 heavy (non-hydrogen) atoms. The van der Waals surface area contributed by atoms with Gasteiger partial charge < -0.3 is 20.0 Å². The van der Waals surface area contributed by atoms with E-state index < -0.39 is 40.7 Å². The molecule has 1 N–H and O–H groups in total. The van der Waals surface area contributed by atoms with Crippen LogP contribution in [0.4, 0.5) is 19.0 Å². The van der Waals surface area contributed by atoms with Crippen LogP contribution in [0.2, 0.25) is 0 Å². The fraction of sp³-hybridized carbons (Fsp3) is 0.250. The van der Waals surface area contributed by atoms with Gasteiger partial charge in [0.2, 0.25) is 11.4 Å². The minimum Gasteiger partial charge on any atom is -0.504 e. The third-order valence-corrected chi connectivity index (χ3v) is 1.67. The molecule has 0 spiro atoms. The second-order valence-corrected chi connectivity index (χ2v) is 2.92. The highest BCUT2D eigenvalue weighted by Crippen LogP contribution is 2.34. The van der Waals surface area contributed by atoms with Crippen LogP contribution in [0, 0.1) is 21.4 Å². The Kier molecular flexibility index (Phi) is 3.55. The molecule has 1 aromatic rings. The van der Waals surface area contributed by atoms with Crippen LogP contribution in [0.3, 0.4) is 0 Å². The molecule has 1 heterocycles. The van der Waals surface area contributed by atoms with E-state index in [1.807, 2.05) is 0 Å². The zero-order chi connectivity index (χ0) is 13.9. The molecule has 0 saturated carbocycles. The van der Waals surface area contributed by atoms with Crippen molar-refractivity contribution < 1.29 is 27.9 Å². The molecule has 1 aromatic heterocycles. The average molecular weight is 263 g/mol. The molecule has 7 nitrogen and oxygen atoms in total. The minimum atomic E-state index is -5.16. The number of nitriles is 1. The van der Waals surface area contributed by atoms with Crippen molar-refractivity contribution in [1.29, 1.82) is 5.26 Å². The molecule has 0 bridgehead atoms. The van der Waals surface area contributed by atoms with Gasteiger partial charge in [-0.05, 0) is 9.91 Å². The molecule has 1 rings (SSSR count). The quantitative estimate of drug-likeness (QED) is 0.656. The number of hydrogen-bond acceptors (Lipinski definition) is 6. The van der Waals surface area contributed by atoms with Gasteiger partial charge in [-0.2, -0.15) is 5.26 Å². The van der Waals surface area contributed by atoms with Crippen LogP contribution in [-0.2, 0) is 6.42 Å². The maximum absolute atomic E-state index is 12.0. The van der Waals surface area contributed by atoms with E-state index in [0.29, 0.717) is 6.07 Å². The van der Waals surface area contributed by atoms with Gasteiger partial charge in [-0.3, -0.25) is 0 Å². The van der Waals surface area contributed by atoms with Crippen molar-refractivity contribution in [2.24, 2.45) is 0 Å². The molecule has 10 heteroatoms. The Bertz CT molecular complexity index is 524. The lowest BCUT2D eigenvalue weighted by Gasteiger charge is -2.09. The second kappa shape index (κ2) is 4.74. The minimum absolute atomic E-state index is 0.394. The van der Waals surface area contributed by atoms with Crippen molar-refractivity contribution in [1.82, 2.24) is 4.98 Å². The number of aromatic hydroxyl groups is 1. The molecule has 0 atom stereocenters. The second-order valence-electron chi connectivity index (χ2n) is 2.92. The van der Waals surface area contributed by atoms with Crippen LogP contribution >= 0.6 is 0 Å². The predicted molar refractivity (Wildman–Crippen MR) is 48.6 cm³/mol. The maximum Gasteiger partial charge on any atom is 0.573 e. The van der Waals surface area contributed by atoms with Crippen molar-refractivity contribution >= 4 is 5.82 Å². The first-order valence-corrected chi connectivity index (χ1v) is 4.24. The van der Waals surface area contributed by atoms with Crippen LogP contribution < -0.4 is 4.74 Å². The largest absolute Gasteiger partial charge is 0.573 e. The van der Waals surface area contributed by atoms with Crippen LogP contribution in [0.1, 0.15) is 5.69 Å². The number of ether oxygens (including phenoxy) is 1. The Morgan fingerprint density at radius 3 is 2.67 bits per heavy atom. The van der Waals surface area contributed by atoms with Crippen LogP contribution in [0.25, 0.3) is 0 Å². The van der Waals surface area contributed by atoms with Crippen molar-refractivity contribution in [3.05, 3.63) is 21.9 Å². The fourth-order valence-corrected chi connectivity index (χ4v) is 1.05. The molecule has 0 saturated heterocycles. The van der Waals surface area contributed by atoms with Crippen LogP contribution in [0.15, 0.2) is 6.07 Å². The Labute approximate surface area is 97.2 Å². The zero-order valence-corrected chi connectivity index (χ0v) is 8.43. The Hall–Kier alpha value is -2.57. The van der Waals surface area contributed by atoms with Gasteiger partial charge in [-0.15, -0.1) is 13.2 Å². The number of hydrogen-bond donors (Lipinski definition) is 1. The van der Waals surface area contributed by atoms with Gasteiger partial charge in [0.25, 0.3) is 0 Å². The first kappa shape index (κ1) is 13.5. The Morgan fingerprint density at radius 2 is 2.22 bits per heavy atom. The van der Waals surface area contributed by atoms with Crippen molar-refractivity contribution in [2.75, 3.05) is 0 Å². The lowest BCUT2D eigenvalue weighted by molar-refractivity contribution is -0.393. The monoisotopic (exact) mass is 263 g/mol. The SMILES string of the molecule is N#CCc1nc([N+](=O)[O-])c(OC(F)(F)F)cc1O. The summed E-state index contributed by atoms with van der Waals surface area (Å²) in [4.78, 5) is 12.4. The molecule has 0 aliphatic rings. The zero-order valence-electron chi connectivity index (χ0n) is 8.43.